The Labute approximate surface area is 140 Å². The molecule has 0 saturated carbocycles. The second-order valence-corrected chi connectivity index (χ2v) is 6.05. The molecule has 122 valence electrons. The van der Waals surface area contributed by atoms with Crippen molar-refractivity contribution < 1.29 is 14.7 Å². The number of carboxylic acids is 1. The molecule has 1 amide bonds. The number of aromatic carboxylic acids is 1. The number of carbonyl (C=O) groups excluding carboxylic acids is 1. The number of nitrogens with one attached hydrogen (secondary N) is 1. The lowest BCUT2D eigenvalue weighted by Crippen LogP contribution is -2.34. The largest absolute Gasteiger partial charge is 0.476 e. The lowest BCUT2D eigenvalue weighted by atomic mass is 10.1. The molecule has 2 N–H and O–H groups in total. The number of benzene rings is 1. The summed E-state index contributed by atoms with van der Waals surface area (Å²) in [7, 11) is 0. The van der Waals surface area contributed by atoms with Gasteiger partial charge in [-0.25, -0.2) is 9.48 Å². The number of carbonyl (C=O) groups is 2. The third-order valence-electron chi connectivity index (χ3n) is 3.40. The zero-order valence-corrected chi connectivity index (χ0v) is 13.2. The average molecular weight is 343 g/mol. The normalized spacial score (nSPS) is 10.7. The van der Waals surface area contributed by atoms with E-state index in [0.717, 1.165) is 9.56 Å². The molecule has 0 atom stereocenters. The number of nitrogens with zero attached hydrogens (tertiary/aromatic N) is 2. The van der Waals surface area contributed by atoms with Gasteiger partial charge in [0.05, 0.1) is 11.9 Å². The van der Waals surface area contributed by atoms with E-state index < -0.39 is 17.4 Å². The Morgan fingerprint density at radius 2 is 1.92 bits per heavy atom. The molecule has 0 unspecified atom stereocenters. The van der Waals surface area contributed by atoms with Crippen LogP contribution in [-0.2, 0) is 17.9 Å². The zero-order valence-electron chi connectivity index (χ0n) is 12.4. The smallest absolute Gasteiger partial charge is 0.357 e. The Hall–Kier alpha value is -3.00. The third-order valence-corrected chi connectivity index (χ3v) is 4.28. The van der Waals surface area contributed by atoms with Gasteiger partial charge < -0.3 is 10.4 Å². The van der Waals surface area contributed by atoms with E-state index in [1.165, 1.54) is 23.5 Å². The van der Waals surface area contributed by atoms with Crippen LogP contribution in [-0.4, -0.2) is 26.8 Å². The molecule has 0 saturated heterocycles. The minimum Gasteiger partial charge on any atom is -0.476 e. The first-order chi connectivity index (χ1) is 11.6. The molecule has 0 spiro atoms. The third kappa shape index (κ3) is 3.18. The molecule has 0 radical (unpaired) electrons. The molecular formula is C16H13N3O4S. The highest BCUT2D eigenvalue weighted by molar-refractivity contribution is 7.09. The topological polar surface area (TPSA) is 101 Å². The van der Waals surface area contributed by atoms with E-state index in [1.54, 1.807) is 12.1 Å². The fourth-order valence-electron chi connectivity index (χ4n) is 2.29. The fourth-order valence-corrected chi connectivity index (χ4v) is 2.94. The molecule has 2 aromatic heterocycles. The summed E-state index contributed by atoms with van der Waals surface area (Å²) in [5.41, 5.74) is -0.752. The van der Waals surface area contributed by atoms with E-state index in [1.807, 2.05) is 17.5 Å². The van der Waals surface area contributed by atoms with Crippen LogP contribution in [0.4, 0.5) is 0 Å². The van der Waals surface area contributed by atoms with Gasteiger partial charge in [-0.15, -0.1) is 11.3 Å². The van der Waals surface area contributed by atoms with Crippen LogP contribution in [0.25, 0.3) is 10.8 Å². The van der Waals surface area contributed by atoms with Gasteiger partial charge in [0.25, 0.3) is 5.56 Å². The maximum atomic E-state index is 12.4. The minimum atomic E-state index is -1.25. The summed E-state index contributed by atoms with van der Waals surface area (Å²) < 4.78 is 0.884. The van der Waals surface area contributed by atoms with Gasteiger partial charge >= 0.3 is 5.97 Å². The number of amides is 1. The summed E-state index contributed by atoms with van der Waals surface area (Å²) in [4.78, 5) is 36.8. The van der Waals surface area contributed by atoms with Crippen LogP contribution in [0.1, 0.15) is 15.4 Å². The molecule has 0 bridgehead atoms. The summed E-state index contributed by atoms with van der Waals surface area (Å²) >= 11 is 1.51. The first-order valence-electron chi connectivity index (χ1n) is 7.08. The fraction of sp³-hybridized carbons (Fsp3) is 0.125. The zero-order chi connectivity index (χ0) is 17.1. The number of carboxylic acid groups (broad SMARTS) is 1. The van der Waals surface area contributed by atoms with Crippen molar-refractivity contribution in [3.63, 3.8) is 0 Å². The van der Waals surface area contributed by atoms with Crippen molar-refractivity contribution in [2.75, 3.05) is 0 Å². The van der Waals surface area contributed by atoms with E-state index >= 15 is 0 Å². The predicted molar refractivity (Wildman–Crippen MR) is 89.1 cm³/mol. The standard InChI is InChI=1S/C16H13N3O4S/c20-13(17-8-10-4-3-7-24-10)9-19-15(21)12-6-2-1-5-11(12)14(18-19)16(22)23/h1-7H,8-9H2,(H,17,20)(H,22,23). The van der Waals surface area contributed by atoms with Gasteiger partial charge in [-0.05, 0) is 17.5 Å². The van der Waals surface area contributed by atoms with Crippen molar-refractivity contribution in [1.29, 1.82) is 0 Å². The highest BCUT2D eigenvalue weighted by Crippen LogP contribution is 2.13. The predicted octanol–water partition coefficient (Wildman–Crippen LogP) is 1.47. The summed E-state index contributed by atoms with van der Waals surface area (Å²) in [6.45, 7) is 0.0138. The Balaban J connectivity index is 1.89. The summed E-state index contributed by atoms with van der Waals surface area (Å²) in [6.07, 6.45) is 0. The Morgan fingerprint density at radius 1 is 1.17 bits per heavy atom. The first-order valence-corrected chi connectivity index (χ1v) is 7.96. The second-order valence-electron chi connectivity index (χ2n) is 5.02. The quantitative estimate of drug-likeness (QED) is 0.730. The molecule has 8 heteroatoms. The van der Waals surface area contributed by atoms with Gasteiger partial charge in [0, 0.05) is 10.3 Å². The molecule has 0 fully saturated rings. The lowest BCUT2D eigenvalue weighted by Gasteiger charge is -2.09. The number of aromatic nitrogens is 2. The molecule has 2 heterocycles. The molecule has 0 aliphatic carbocycles. The minimum absolute atomic E-state index is 0.218. The number of hydrogen-bond acceptors (Lipinski definition) is 5. The summed E-state index contributed by atoms with van der Waals surface area (Å²) in [6, 6.07) is 10.1. The Morgan fingerprint density at radius 3 is 2.58 bits per heavy atom. The van der Waals surface area contributed by atoms with E-state index in [9.17, 15) is 19.5 Å². The molecule has 24 heavy (non-hydrogen) atoms. The Kier molecular flexibility index (Phi) is 4.39. The molecule has 0 aliphatic rings. The van der Waals surface area contributed by atoms with Crippen LogP contribution in [0.5, 0.6) is 0 Å². The van der Waals surface area contributed by atoms with Crippen molar-refractivity contribution in [2.24, 2.45) is 0 Å². The molecule has 0 aliphatic heterocycles. The molecule has 3 rings (SSSR count). The number of thiophene rings is 1. The van der Waals surface area contributed by atoms with Crippen LogP contribution in [0.15, 0.2) is 46.6 Å². The van der Waals surface area contributed by atoms with E-state index in [2.05, 4.69) is 10.4 Å². The van der Waals surface area contributed by atoms with Crippen LogP contribution in [0, 0.1) is 0 Å². The van der Waals surface area contributed by atoms with E-state index in [0.29, 0.717) is 6.54 Å². The van der Waals surface area contributed by atoms with E-state index in [-0.39, 0.29) is 23.0 Å². The molecule has 3 aromatic rings. The van der Waals surface area contributed by atoms with Gasteiger partial charge in [0.1, 0.15) is 6.54 Å². The van der Waals surface area contributed by atoms with Crippen molar-refractivity contribution in [2.45, 2.75) is 13.1 Å². The number of fused-ring (bicyclic) bond motifs is 1. The van der Waals surface area contributed by atoms with Crippen LogP contribution >= 0.6 is 11.3 Å². The van der Waals surface area contributed by atoms with Gasteiger partial charge in [-0.1, -0.05) is 24.3 Å². The van der Waals surface area contributed by atoms with Gasteiger partial charge in [0.15, 0.2) is 5.69 Å². The first kappa shape index (κ1) is 15.9. The van der Waals surface area contributed by atoms with Gasteiger partial charge in [-0.3, -0.25) is 9.59 Å². The highest BCUT2D eigenvalue weighted by Gasteiger charge is 2.16. The second kappa shape index (κ2) is 6.63. The average Bonchev–Trinajstić information content (AvgIpc) is 3.09. The van der Waals surface area contributed by atoms with Crippen molar-refractivity contribution >= 4 is 34.0 Å². The van der Waals surface area contributed by atoms with Crippen LogP contribution in [0.2, 0.25) is 0 Å². The number of rotatable bonds is 5. The lowest BCUT2D eigenvalue weighted by molar-refractivity contribution is -0.122. The Bertz CT molecular complexity index is 963. The summed E-state index contributed by atoms with van der Waals surface area (Å²) in [5.74, 6) is -1.66. The molecule has 1 aromatic carbocycles. The van der Waals surface area contributed by atoms with Crippen LogP contribution < -0.4 is 10.9 Å². The monoisotopic (exact) mass is 343 g/mol. The SMILES string of the molecule is O=C(Cn1nc(C(=O)O)c2ccccc2c1=O)NCc1cccs1. The van der Waals surface area contributed by atoms with Crippen molar-refractivity contribution in [3.8, 4) is 0 Å². The van der Waals surface area contributed by atoms with Crippen LogP contribution in [0.3, 0.4) is 0 Å². The number of hydrogen-bond donors (Lipinski definition) is 2. The molecule has 7 nitrogen and oxygen atoms in total. The summed E-state index contributed by atoms with van der Waals surface area (Å²) in [5, 5.41) is 18.2. The van der Waals surface area contributed by atoms with Gasteiger partial charge in [-0.2, -0.15) is 5.10 Å². The highest BCUT2D eigenvalue weighted by atomic mass is 32.1. The van der Waals surface area contributed by atoms with Crippen molar-refractivity contribution in [1.82, 2.24) is 15.1 Å². The maximum Gasteiger partial charge on any atom is 0.357 e. The van der Waals surface area contributed by atoms with Gasteiger partial charge in [0.2, 0.25) is 5.91 Å². The van der Waals surface area contributed by atoms with Crippen molar-refractivity contribution in [3.05, 3.63) is 62.7 Å². The van der Waals surface area contributed by atoms with E-state index in [4.69, 9.17) is 0 Å². The maximum absolute atomic E-state index is 12.4. The molecular weight excluding hydrogens is 330 g/mol.